The Hall–Kier alpha value is -1.63. The number of aromatic nitrogens is 1. The minimum absolute atomic E-state index is 0.0954. The van der Waals surface area contributed by atoms with Crippen LogP contribution in [0.5, 0.6) is 5.88 Å². The smallest absolute Gasteiger partial charge is 0.374 e. The summed E-state index contributed by atoms with van der Waals surface area (Å²) in [5.41, 5.74) is 5.07. The highest BCUT2D eigenvalue weighted by Crippen LogP contribution is 2.30. The number of hydrogen-bond acceptors (Lipinski definition) is 6. The molecule has 1 rings (SSSR count). The van der Waals surface area contributed by atoms with Crippen molar-refractivity contribution in [3.8, 4) is 5.88 Å². The average Bonchev–Trinajstić information content (AvgIpc) is 2.57. The van der Waals surface area contributed by atoms with Crippen molar-refractivity contribution in [1.29, 1.82) is 0 Å². The minimum atomic E-state index is -0.568. The van der Waals surface area contributed by atoms with Crippen LogP contribution in [0.1, 0.15) is 12.2 Å². The standard InChI is InChI=1S/C7H11N3O4/c1-13-7-6(10(11)12)5(14-9-7)3-2-4-8/h2-4,8H2,1H3. The highest BCUT2D eigenvalue weighted by Gasteiger charge is 2.27. The first-order valence-electron chi connectivity index (χ1n) is 4.07. The maximum Gasteiger partial charge on any atom is 0.374 e. The predicted octanol–water partition coefficient (Wildman–Crippen LogP) is 0.483. The van der Waals surface area contributed by atoms with Gasteiger partial charge in [0.2, 0.25) is 5.76 Å². The van der Waals surface area contributed by atoms with E-state index >= 15 is 0 Å². The Morgan fingerprint density at radius 2 is 2.43 bits per heavy atom. The van der Waals surface area contributed by atoms with Gasteiger partial charge in [0.15, 0.2) is 0 Å². The molecule has 0 aliphatic rings. The van der Waals surface area contributed by atoms with Crippen molar-refractivity contribution in [2.75, 3.05) is 13.7 Å². The summed E-state index contributed by atoms with van der Waals surface area (Å²) in [5, 5.41) is 14.0. The van der Waals surface area contributed by atoms with Crippen LogP contribution in [0.3, 0.4) is 0 Å². The van der Waals surface area contributed by atoms with E-state index in [2.05, 4.69) is 9.89 Å². The lowest BCUT2D eigenvalue weighted by Gasteiger charge is -1.93. The van der Waals surface area contributed by atoms with E-state index in [1.165, 1.54) is 7.11 Å². The van der Waals surface area contributed by atoms with Gasteiger partial charge in [0.25, 0.3) is 0 Å². The fraction of sp³-hybridized carbons (Fsp3) is 0.571. The molecule has 0 fully saturated rings. The summed E-state index contributed by atoms with van der Waals surface area (Å²) in [5.74, 6) is 0.110. The molecule has 0 saturated carbocycles. The summed E-state index contributed by atoms with van der Waals surface area (Å²) in [6.07, 6.45) is 1.00. The molecule has 0 unspecified atom stereocenters. The van der Waals surface area contributed by atoms with Crippen molar-refractivity contribution < 1.29 is 14.2 Å². The third kappa shape index (κ3) is 1.99. The Kier molecular flexibility index (Phi) is 3.41. The van der Waals surface area contributed by atoms with Crippen molar-refractivity contribution in [3.63, 3.8) is 0 Å². The Morgan fingerprint density at radius 1 is 1.71 bits per heavy atom. The van der Waals surface area contributed by atoms with Crippen LogP contribution in [0, 0.1) is 10.1 Å². The summed E-state index contributed by atoms with van der Waals surface area (Å²) in [6, 6.07) is 0. The molecule has 0 aliphatic heterocycles. The van der Waals surface area contributed by atoms with E-state index in [0.717, 1.165) is 0 Å². The van der Waals surface area contributed by atoms with Gasteiger partial charge in [-0.15, -0.1) is 0 Å². The lowest BCUT2D eigenvalue weighted by Crippen LogP contribution is -2.01. The monoisotopic (exact) mass is 201 g/mol. The Bertz CT molecular complexity index is 323. The zero-order valence-electron chi connectivity index (χ0n) is 7.73. The third-order valence-electron chi connectivity index (χ3n) is 1.69. The Balaban J connectivity index is 2.92. The maximum absolute atomic E-state index is 10.6. The number of aryl methyl sites for hydroxylation is 1. The van der Waals surface area contributed by atoms with Gasteiger partial charge in [0.05, 0.1) is 12.0 Å². The van der Waals surface area contributed by atoms with Crippen LogP contribution in [0.2, 0.25) is 0 Å². The lowest BCUT2D eigenvalue weighted by molar-refractivity contribution is -0.386. The van der Waals surface area contributed by atoms with Crippen molar-refractivity contribution >= 4 is 5.69 Å². The van der Waals surface area contributed by atoms with Crippen molar-refractivity contribution in [2.24, 2.45) is 5.73 Å². The molecule has 0 aliphatic carbocycles. The molecule has 7 nitrogen and oxygen atoms in total. The van der Waals surface area contributed by atoms with Crippen LogP contribution in [0.25, 0.3) is 0 Å². The molecule has 0 radical (unpaired) electrons. The predicted molar refractivity (Wildman–Crippen MR) is 47.1 cm³/mol. The molecule has 0 bridgehead atoms. The fourth-order valence-corrected chi connectivity index (χ4v) is 1.04. The van der Waals surface area contributed by atoms with E-state index in [0.29, 0.717) is 19.4 Å². The van der Waals surface area contributed by atoms with Gasteiger partial charge in [-0.25, -0.2) is 0 Å². The van der Waals surface area contributed by atoms with Gasteiger partial charge in [-0.1, -0.05) is 0 Å². The van der Waals surface area contributed by atoms with Gasteiger partial charge in [-0.2, -0.15) is 0 Å². The molecule has 14 heavy (non-hydrogen) atoms. The number of nitrogens with zero attached hydrogens (tertiary/aromatic N) is 2. The minimum Gasteiger partial charge on any atom is -0.474 e. The molecule has 0 spiro atoms. The number of hydrogen-bond donors (Lipinski definition) is 1. The zero-order valence-corrected chi connectivity index (χ0v) is 7.73. The second kappa shape index (κ2) is 4.56. The average molecular weight is 201 g/mol. The van der Waals surface area contributed by atoms with Crippen LogP contribution in [-0.4, -0.2) is 23.7 Å². The van der Waals surface area contributed by atoms with Crippen LogP contribution < -0.4 is 10.5 Å². The molecular formula is C7H11N3O4. The summed E-state index contributed by atoms with van der Waals surface area (Å²) < 4.78 is 9.47. The molecular weight excluding hydrogens is 190 g/mol. The van der Waals surface area contributed by atoms with Crippen LogP contribution >= 0.6 is 0 Å². The van der Waals surface area contributed by atoms with Gasteiger partial charge in [-0.3, -0.25) is 10.1 Å². The first kappa shape index (κ1) is 10.5. The van der Waals surface area contributed by atoms with Gasteiger partial charge in [-0.05, 0) is 18.1 Å². The second-order valence-corrected chi connectivity index (χ2v) is 2.61. The number of ether oxygens (including phenoxy) is 1. The molecule has 1 heterocycles. The summed E-state index contributed by atoms with van der Waals surface area (Å²) in [7, 11) is 1.30. The lowest BCUT2D eigenvalue weighted by atomic mass is 10.2. The van der Waals surface area contributed by atoms with E-state index in [4.69, 9.17) is 10.3 Å². The van der Waals surface area contributed by atoms with Gasteiger partial charge < -0.3 is 15.0 Å². The molecule has 0 atom stereocenters. The normalized spacial score (nSPS) is 10.1. The topological polar surface area (TPSA) is 104 Å². The van der Waals surface area contributed by atoms with Gasteiger partial charge >= 0.3 is 11.6 Å². The van der Waals surface area contributed by atoms with Crippen molar-refractivity contribution in [2.45, 2.75) is 12.8 Å². The summed E-state index contributed by atoms with van der Waals surface area (Å²) in [4.78, 5) is 10.1. The second-order valence-electron chi connectivity index (χ2n) is 2.61. The van der Waals surface area contributed by atoms with Crippen LogP contribution in [-0.2, 0) is 6.42 Å². The maximum atomic E-state index is 10.6. The molecule has 2 N–H and O–H groups in total. The Labute approximate surface area is 80.0 Å². The molecule has 0 aromatic carbocycles. The zero-order chi connectivity index (χ0) is 10.6. The van der Waals surface area contributed by atoms with E-state index in [9.17, 15) is 10.1 Å². The summed E-state index contributed by atoms with van der Waals surface area (Å²) >= 11 is 0. The number of nitro groups is 1. The van der Waals surface area contributed by atoms with Crippen LogP contribution in [0.4, 0.5) is 5.69 Å². The SMILES string of the molecule is COc1noc(CCCN)c1[N+](=O)[O-]. The van der Waals surface area contributed by atoms with Gasteiger partial charge in [0.1, 0.15) is 0 Å². The number of methoxy groups -OCH3 is 1. The van der Waals surface area contributed by atoms with E-state index in [1.807, 2.05) is 0 Å². The Morgan fingerprint density at radius 3 is 2.93 bits per heavy atom. The molecule has 1 aromatic rings. The van der Waals surface area contributed by atoms with Crippen molar-refractivity contribution in [1.82, 2.24) is 5.16 Å². The molecule has 0 amide bonds. The number of nitrogens with two attached hydrogens (primary N) is 1. The third-order valence-corrected chi connectivity index (χ3v) is 1.69. The highest BCUT2D eigenvalue weighted by molar-refractivity contribution is 5.43. The number of rotatable bonds is 5. The van der Waals surface area contributed by atoms with E-state index < -0.39 is 4.92 Å². The van der Waals surface area contributed by atoms with Crippen molar-refractivity contribution in [3.05, 3.63) is 15.9 Å². The molecule has 0 saturated heterocycles. The first-order valence-corrected chi connectivity index (χ1v) is 4.07. The van der Waals surface area contributed by atoms with Crippen LogP contribution in [0.15, 0.2) is 4.52 Å². The largest absolute Gasteiger partial charge is 0.474 e. The quantitative estimate of drug-likeness (QED) is 0.548. The first-order chi connectivity index (χ1) is 6.70. The molecule has 7 heteroatoms. The highest BCUT2D eigenvalue weighted by atomic mass is 16.6. The van der Waals surface area contributed by atoms with E-state index in [1.54, 1.807) is 0 Å². The molecule has 1 aromatic heterocycles. The van der Waals surface area contributed by atoms with Gasteiger partial charge in [0, 0.05) is 6.42 Å². The fourth-order valence-electron chi connectivity index (χ4n) is 1.04. The van der Waals surface area contributed by atoms with E-state index in [-0.39, 0.29) is 17.3 Å². The summed E-state index contributed by atoms with van der Waals surface area (Å²) in [6.45, 7) is 0.445. The molecule has 78 valence electrons.